The fraction of sp³-hybridized carbons (Fsp3) is 0.444. The van der Waals surface area contributed by atoms with E-state index in [1.54, 1.807) is 0 Å². The highest BCUT2D eigenvalue weighted by Gasteiger charge is 2.62. The zero-order chi connectivity index (χ0) is 21.8. The Labute approximate surface area is 185 Å². The topological polar surface area (TPSA) is 32.8 Å². The van der Waals surface area contributed by atoms with Crippen molar-refractivity contribution in [1.29, 1.82) is 0 Å². The molecule has 2 fully saturated rings. The largest absolute Gasteiger partial charge is 0.444 e. The van der Waals surface area contributed by atoms with Crippen LogP contribution in [0.3, 0.4) is 0 Å². The van der Waals surface area contributed by atoms with Gasteiger partial charge in [-0.1, -0.05) is 60.7 Å². The first kappa shape index (κ1) is 20.2. The molecule has 5 rings (SSSR count). The van der Waals surface area contributed by atoms with Crippen molar-refractivity contribution < 1.29 is 9.53 Å². The van der Waals surface area contributed by atoms with Crippen LogP contribution >= 0.6 is 0 Å². The molecule has 2 heterocycles. The Bertz CT molecular complexity index is 1010. The molecule has 3 atom stereocenters. The number of benzene rings is 2. The van der Waals surface area contributed by atoms with E-state index in [2.05, 4.69) is 66.1 Å². The molecule has 162 valence electrons. The Kier molecular flexibility index (Phi) is 4.65. The summed E-state index contributed by atoms with van der Waals surface area (Å²) in [4.78, 5) is 17.7. The van der Waals surface area contributed by atoms with Crippen LogP contribution in [0.5, 0.6) is 0 Å². The number of fused-ring (bicyclic) bond motifs is 1. The monoisotopic (exact) mass is 416 g/mol. The number of anilines is 1. The maximum Gasteiger partial charge on any atom is 0.410 e. The third-order valence-corrected chi connectivity index (χ3v) is 7.21. The van der Waals surface area contributed by atoms with Gasteiger partial charge < -0.3 is 14.5 Å². The van der Waals surface area contributed by atoms with Crippen molar-refractivity contribution in [1.82, 2.24) is 4.90 Å². The summed E-state index contributed by atoms with van der Waals surface area (Å²) in [6.07, 6.45) is 2.60. The van der Waals surface area contributed by atoms with E-state index in [9.17, 15) is 4.79 Å². The third kappa shape index (κ3) is 3.24. The summed E-state index contributed by atoms with van der Waals surface area (Å²) in [7, 11) is 0. The van der Waals surface area contributed by atoms with Gasteiger partial charge in [-0.3, -0.25) is 0 Å². The zero-order valence-corrected chi connectivity index (χ0v) is 18.8. The van der Waals surface area contributed by atoms with Gasteiger partial charge in [0.1, 0.15) is 5.60 Å². The van der Waals surface area contributed by atoms with E-state index in [-0.39, 0.29) is 17.6 Å². The second kappa shape index (κ2) is 7.15. The molecular weight excluding hydrogens is 384 g/mol. The molecule has 4 heteroatoms. The first-order valence-corrected chi connectivity index (χ1v) is 11.4. The molecule has 0 aromatic heterocycles. The molecule has 1 saturated heterocycles. The number of ether oxygens (including phenoxy) is 1. The molecule has 31 heavy (non-hydrogen) atoms. The lowest BCUT2D eigenvalue weighted by Crippen LogP contribution is -2.56. The van der Waals surface area contributed by atoms with Crippen LogP contribution in [0.25, 0.3) is 0 Å². The van der Waals surface area contributed by atoms with Gasteiger partial charge >= 0.3 is 6.09 Å². The normalized spacial score (nSPS) is 27.0. The van der Waals surface area contributed by atoms with Gasteiger partial charge in [-0.2, -0.15) is 0 Å². The van der Waals surface area contributed by atoms with Gasteiger partial charge in [0.2, 0.25) is 0 Å². The summed E-state index contributed by atoms with van der Waals surface area (Å²) < 4.78 is 5.81. The SMILES string of the molecule is C=C1C[C@@H]2N(Cc3ccccc3)c3ccccc3[C@@]23CCN(C(=O)OC(C)(C)C)[C@@H]3C1. The van der Waals surface area contributed by atoms with Gasteiger partial charge in [-0.05, 0) is 57.2 Å². The molecule has 1 saturated carbocycles. The molecule has 0 N–H and O–H groups in total. The lowest BCUT2D eigenvalue weighted by molar-refractivity contribution is 0.0177. The molecule has 2 aliphatic heterocycles. The van der Waals surface area contributed by atoms with Gasteiger partial charge in [0.15, 0.2) is 0 Å². The van der Waals surface area contributed by atoms with E-state index in [4.69, 9.17) is 4.74 Å². The fourth-order valence-electron chi connectivity index (χ4n) is 6.08. The summed E-state index contributed by atoms with van der Waals surface area (Å²) in [5.74, 6) is 0. The summed E-state index contributed by atoms with van der Waals surface area (Å²) in [5.41, 5.74) is 4.67. The number of rotatable bonds is 2. The predicted molar refractivity (Wildman–Crippen MR) is 124 cm³/mol. The first-order chi connectivity index (χ1) is 14.8. The van der Waals surface area contributed by atoms with Crippen molar-refractivity contribution in [3.05, 3.63) is 77.9 Å². The lowest BCUT2D eigenvalue weighted by Gasteiger charge is -2.47. The van der Waals surface area contributed by atoms with Crippen molar-refractivity contribution in [3.8, 4) is 0 Å². The summed E-state index contributed by atoms with van der Waals surface area (Å²) in [6, 6.07) is 19.9. The predicted octanol–water partition coefficient (Wildman–Crippen LogP) is 5.67. The Morgan fingerprint density at radius 1 is 1.06 bits per heavy atom. The molecule has 2 aromatic rings. The molecule has 4 nitrogen and oxygen atoms in total. The summed E-state index contributed by atoms with van der Waals surface area (Å²) >= 11 is 0. The minimum atomic E-state index is -0.495. The number of carbonyl (C=O) groups is 1. The van der Waals surface area contributed by atoms with E-state index < -0.39 is 5.60 Å². The number of amides is 1. The van der Waals surface area contributed by atoms with E-state index in [1.165, 1.54) is 22.4 Å². The average Bonchev–Trinajstić information content (AvgIpc) is 3.22. The van der Waals surface area contributed by atoms with Crippen molar-refractivity contribution in [3.63, 3.8) is 0 Å². The molecule has 1 amide bonds. The third-order valence-electron chi connectivity index (χ3n) is 7.21. The van der Waals surface area contributed by atoms with E-state index in [0.29, 0.717) is 6.04 Å². The summed E-state index contributed by atoms with van der Waals surface area (Å²) in [5, 5.41) is 0. The number of likely N-dealkylation sites (tertiary alicyclic amines) is 1. The van der Waals surface area contributed by atoms with Crippen LogP contribution in [0.15, 0.2) is 66.7 Å². The van der Waals surface area contributed by atoms with E-state index >= 15 is 0 Å². The number of para-hydroxylation sites is 1. The highest BCUT2D eigenvalue weighted by atomic mass is 16.6. The second-order valence-electron chi connectivity index (χ2n) is 10.3. The van der Waals surface area contributed by atoms with Crippen LogP contribution in [0.2, 0.25) is 0 Å². The van der Waals surface area contributed by atoms with Crippen LogP contribution < -0.4 is 4.90 Å². The first-order valence-electron chi connectivity index (χ1n) is 11.4. The number of nitrogens with zero attached hydrogens (tertiary/aromatic N) is 2. The molecule has 1 spiro atoms. The van der Waals surface area contributed by atoms with Crippen molar-refractivity contribution in [2.24, 2.45) is 0 Å². The number of carbonyl (C=O) groups excluding carboxylic acids is 1. The number of hydrogen-bond acceptors (Lipinski definition) is 3. The maximum absolute atomic E-state index is 13.2. The Morgan fingerprint density at radius 3 is 2.48 bits per heavy atom. The molecular formula is C27H32N2O2. The molecule has 1 aliphatic carbocycles. The molecule has 0 radical (unpaired) electrons. The van der Waals surface area contributed by atoms with E-state index in [0.717, 1.165) is 32.4 Å². The van der Waals surface area contributed by atoms with Gasteiger partial charge in [-0.25, -0.2) is 4.79 Å². The van der Waals surface area contributed by atoms with Crippen LogP contribution in [0, 0.1) is 0 Å². The van der Waals surface area contributed by atoms with Gasteiger partial charge in [0.25, 0.3) is 0 Å². The van der Waals surface area contributed by atoms with Gasteiger partial charge in [0.05, 0.1) is 6.04 Å². The summed E-state index contributed by atoms with van der Waals surface area (Å²) in [6.45, 7) is 11.8. The second-order valence-corrected chi connectivity index (χ2v) is 10.3. The van der Waals surface area contributed by atoms with Crippen LogP contribution in [-0.2, 0) is 16.7 Å². The van der Waals surface area contributed by atoms with Crippen molar-refractivity contribution in [2.45, 2.75) is 69.7 Å². The average molecular weight is 417 g/mol. The van der Waals surface area contributed by atoms with Crippen molar-refractivity contribution >= 4 is 11.8 Å². The molecule has 2 aromatic carbocycles. The van der Waals surface area contributed by atoms with Gasteiger partial charge in [0, 0.05) is 30.2 Å². The maximum atomic E-state index is 13.2. The van der Waals surface area contributed by atoms with Crippen LogP contribution in [0.4, 0.5) is 10.5 Å². The Balaban J connectivity index is 1.56. The van der Waals surface area contributed by atoms with E-state index in [1.807, 2.05) is 25.7 Å². The molecule has 3 aliphatic rings. The smallest absolute Gasteiger partial charge is 0.410 e. The Morgan fingerprint density at radius 2 is 1.74 bits per heavy atom. The molecule has 0 unspecified atom stereocenters. The van der Waals surface area contributed by atoms with Crippen LogP contribution in [-0.4, -0.2) is 35.2 Å². The Hall–Kier alpha value is -2.75. The molecule has 0 bridgehead atoms. The number of hydrogen-bond donors (Lipinski definition) is 0. The minimum absolute atomic E-state index is 0.0660. The fourth-order valence-corrected chi connectivity index (χ4v) is 6.08. The van der Waals surface area contributed by atoms with Crippen LogP contribution in [0.1, 0.15) is 51.2 Å². The highest BCUT2D eigenvalue weighted by Crippen LogP contribution is 2.59. The zero-order valence-electron chi connectivity index (χ0n) is 18.8. The quantitative estimate of drug-likeness (QED) is 0.591. The standard InChI is InChI=1S/C27H32N2O2/c1-19-16-23-27(14-15-28(23)25(30)31-26(2,3)4)21-12-8-9-13-22(21)29(24(27)17-19)18-20-10-6-5-7-11-20/h5-13,23-24H,1,14-18H2,2-4H3/t23-,24+,27-/m1/s1. The lowest BCUT2D eigenvalue weighted by atomic mass is 9.64. The minimum Gasteiger partial charge on any atom is -0.444 e. The highest BCUT2D eigenvalue weighted by molar-refractivity contribution is 5.73. The van der Waals surface area contributed by atoms with Gasteiger partial charge in [-0.15, -0.1) is 0 Å². The van der Waals surface area contributed by atoms with Crippen molar-refractivity contribution in [2.75, 3.05) is 11.4 Å².